The Kier molecular flexibility index (Phi) is 5.61. The molecule has 0 aliphatic carbocycles. The summed E-state index contributed by atoms with van der Waals surface area (Å²) in [5, 5.41) is 8.80. The van der Waals surface area contributed by atoms with Crippen molar-refractivity contribution in [3.05, 3.63) is 29.6 Å². The van der Waals surface area contributed by atoms with E-state index in [-0.39, 0.29) is 12.1 Å². The highest BCUT2D eigenvalue weighted by Gasteiger charge is 2.20. The monoisotopic (exact) mass is 304 g/mol. The van der Waals surface area contributed by atoms with Gasteiger partial charge in [0.15, 0.2) is 0 Å². The standard InChI is InChI=1S/C12H17FN2O4S/c1-3-15(2)7-6-14-20(18,19)11-8-9(12(16)17)4-5-10(11)13/h4-5,8,14H,3,6-7H2,1-2H3,(H,16,17). The van der Waals surface area contributed by atoms with E-state index < -0.39 is 26.7 Å². The van der Waals surface area contributed by atoms with Gasteiger partial charge in [-0.3, -0.25) is 0 Å². The number of carbonyl (C=O) groups is 1. The molecule has 0 atom stereocenters. The highest BCUT2D eigenvalue weighted by molar-refractivity contribution is 7.89. The van der Waals surface area contributed by atoms with Gasteiger partial charge in [-0.15, -0.1) is 0 Å². The normalized spacial score (nSPS) is 11.8. The van der Waals surface area contributed by atoms with Gasteiger partial charge in [0.1, 0.15) is 10.7 Å². The second kappa shape index (κ2) is 6.78. The molecule has 0 bridgehead atoms. The van der Waals surface area contributed by atoms with Gasteiger partial charge >= 0.3 is 5.97 Å². The Bertz CT molecular complexity index is 589. The molecule has 0 saturated heterocycles. The van der Waals surface area contributed by atoms with Crippen molar-refractivity contribution in [1.29, 1.82) is 0 Å². The second-order valence-corrected chi connectivity index (χ2v) is 5.98. The summed E-state index contributed by atoms with van der Waals surface area (Å²) in [7, 11) is -2.25. The van der Waals surface area contributed by atoms with Crippen molar-refractivity contribution >= 4 is 16.0 Å². The van der Waals surface area contributed by atoms with Crippen LogP contribution in [-0.2, 0) is 10.0 Å². The second-order valence-electron chi connectivity index (χ2n) is 4.24. The van der Waals surface area contributed by atoms with Crippen LogP contribution >= 0.6 is 0 Å². The number of benzene rings is 1. The minimum absolute atomic E-state index is 0.114. The van der Waals surface area contributed by atoms with Gasteiger partial charge in [0.2, 0.25) is 10.0 Å². The molecule has 1 aromatic rings. The number of sulfonamides is 1. The molecule has 0 saturated carbocycles. The maximum Gasteiger partial charge on any atom is 0.335 e. The number of carboxylic acids is 1. The largest absolute Gasteiger partial charge is 0.478 e. The van der Waals surface area contributed by atoms with Crippen LogP contribution < -0.4 is 4.72 Å². The summed E-state index contributed by atoms with van der Waals surface area (Å²) in [6, 6.07) is 2.65. The van der Waals surface area contributed by atoms with Crippen molar-refractivity contribution in [2.24, 2.45) is 0 Å². The van der Waals surface area contributed by atoms with E-state index in [0.717, 1.165) is 24.7 Å². The molecule has 0 aromatic heterocycles. The number of nitrogens with zero attached hydrogens (tertiary/aromatic N) is 1. The number of carboxylic acid groups (broad SMARTS) is 1. The first kappa shape index (κ1) is 16.5. The molecule has 0 spiro atoms. The molecule has 0 aliphatic rings. The molecule has 0 fully saturated rings. The predicted octanol–water partition coefficient (Wildman–Crippen LogP) is 0.754. The molecule has 112 valence electrons. The predicted molar refractivity (Wildman–Crippen MR) is 71.7 cm³/mol. The van der Waals surface area contributed by atoms with E-state index in [1.54, 1.807) is 0 Å². The van der Waals surface area contributed by atoms with Gasteiger partial charge in [-0.2, -0.15) is 0 Å². The fourth-order valence-electron chi connectivity index (χ4n) is 1.45. The lowest BCUT2D eigenvalue weighted by molar-refractivity contribution is 0.0696. The van der Waals surface area contributed by atoms with Crippen LogP contribution in [0.1, 0.15) is 17.3 Å². The first-order valence-corrected chi connectivity index (χ1v) is 7.47. The third kappa shape index (κ3) is 4.26. The van der Waals surface area contributed by atoms with E-state index in [1.165, 1.54) is 0 Å². The lowest BCUT2D eigenvalue weighted by Crippen LogP contribution is -2.33. The van der Waals surface area contributed by atoms with Crippen molar-refractivity contribution in [3.63, 3.8) is 0 Å². The van der Waals surface area contributed by atoms with Crippen molar-refractivity contribution in [2.45, 2.75) is 11.8 Å². The molecule has 0 radical (unpaired) electrons. The maximum atomic E-state index is 13.6. The van der Waals surface area contributed by atoms with Gasteiger partial charge in [-0.25, -0.2) is 22.3 Å². The van der Waals surface area contributed by atoms with Crippen molar-refractivity contribution in [3.8, 4) is 0 Å². The number of nitrogens with one attached hydrogen (secondary N) is 1. The van der Waals surface area contributed by atoms with Gasteiger partial charge in [0.25, 0.3) is 0 Å². The van der Waals surface area contributed by atoms with Crippen molar-refractivity contribution in [2.75, 3.05) is 26.7 Å². The Morgan fingerprint density at radius 1 is 1.45 bits per heavy atom. The minimum Gasteiger partial charge on any atom is -0.478 e. The highest BCUT2D eigenvalue weighted by atomic mass is 32.2. The summed E-state index contributed by atoms with van der Waals surface area (Å²) >= 11 is 0. The van der Waals surface area contributed by atoms with E-state index >= 15 is 0 Å². The van der Waals surface area contributed by atoms with Crippen molar-refractivity contribution < 1.29 is 22.7 Å². The van der Waals surface area contributed by atoms with Crippen LogP contribution in [0.3, 0.4) is 0 Å². The Labute approximate surface area is 117 Å². The number of hydrogen-bond donors (Lipinski definition) is 2. The molecule has 0 heterocycles. The van der Waals surface area contributed by atoms with Crippen LogP contribution in [0.5, 0.6) is 0 Å². The van der Waals surface area contributed by atoms with Crippen LogP contribution in [0.4, 0.5) is 4.39 Å². The van der Waals surface area contributed by atoms with Crippen LogP contribution in [0.2, 0.25) is 0 Å². The van der Waals surface area contributed by atoms with Gasteiger partial charge in [-0.05, 0) is 31.8 Å². The zero-order valence-electron chi connectivity index (χ0n) is 11.3. The molecule has 1 rings (SSSR count). The number of halogens is 1. The topological polar surface area (TPSA) is 86.7 Å². The van der Waals surface area contributed by atoms with Crippen molar-refractivity contribution in [1.82, 2.24) is 9.62 Å². The summed E-state index contributed by atoms with van der Waals surface area (Å²) in [5.74, 6) is -2.29. The zero-order valence-corrected chi connectivity index (χ0v) is 12.1. The molecular formula is C12H17FN2O4S. The Morgan fingerprint density at radius 2 is 2.10 bits per heavy atom. The molecule has 0 unspecified atom stereocenters. The molecule has 20 heavy (non-hydrogen) atoms. The maximum absolute atomic E-state index is 13.6. The molecule has 1 aromatic carbocycles. The summed E-state index contributed by atoms with van der Waals surface area (Å²) in [5.41, 5.74) is -0.280. The summed E-state index contributed by atoms with van der Waals surface area (Å²) in [6.07, 6.45) is 0. The van der Waals surface area contributed by atoms with E-state index in [0.29, 0.717) is 6.54 Å². The Hall–Kier alpha value is -1.51. The van der Waals surface area contributed by atoms with E-state index in [2.05, 4.69) is 4.72 Å². The average Bonchev–Trinajstić information content (AvgIpc) is 2.38. The lowest BCUT2D eigenvalue weighted by atomic mass is 10.2. The van der Waals surface area contributed by atoms with Gasteiger partial charge in [0.05, 0.1) is 5.56 Å². The Balaban J connectivity index is 2.92. The van der Waals surface area contributed by atoms with Gasteiger partial charge in [0, 0.05) is 13.1 Å². The average molecular weight is 304 g/mol. The van der Waals surface area contributed by atoms with E-state index in [9.17, 15) is 17.6 Å². The number of aromatic carboxylic acids is 1. The summed E-state index contributed by atoms with van der Waals surface area (Å²) in [6.45, 7) is 3.26. The molecular weight excluding hydrogens is 287 g/mol. The van der Waals surface area contributed by atoms with Gasteiger partial charge in [-0.1, -0.05) is 6.92 Å². The van der Waals surface area contributed by atoms with Crippen LogP contribution in [0.25, 0.3) is 0 Å². The van der Waals surface area contributed by atoms with Crippen LogP contribution in [0.15, 0.2) is 23.1 Å². The molecule has 0 aliphatic heterocycles. The van der Waals surface area contributed by atoms with Crippen LogP contribution in [0, 0.1) is 5.82 Å². The number of rotatable bonds is 7. The molecule has 2 N–H and O–H groups in total. The molecule has 8 heteroatoms. The number of likely N-dealkylation sites (N-methyl/N-ethyl adjacent to an activating group) is 1. The van der Waals surface area contributed by atoms with E-state index in [4.69, 9.17) is 5.11 Å². The quantitative estimate of drug-likeness (QED) is 0.776. The SMILES string of the molecule is CCN(C)CCNS(=O)(=O)c1cc(C(=O)O)ccc1F. The first-order valence-electron chi connectivity index (χ1n) is 5.99. The smallest absolute Gasteiger partial charge is 0.335 e. The fourth-order valence-corrected chi connectivity index (χ4v) is 2.57. The minimum atomic E-state index is -4.07. The number of hydrogen-bond acceptors (Lipinski definition) is 4. The van der Waals surface area contributed by atoms with Gasteiger partial charge < -0.3 is 10.0 Å². The third-order valence-corrected chi connectivity index (χ3v) is 4.27. The highest BCUT2D eigenvalue weighted by Crippen LogP contribution is 2.16. The molecule has 0 amide bonds. The van der Waals surface area contributed by atoms with Crippen LogP contribution in [-0.4, -0.2) is 51.1 Å². The summed E-state index contributed by atoms with van der Waals surface area (Å²) < 4.78 is 39.7. The van der Waals surface area contributed by atoms with E-state index in [1.807, 2.05) is 18.9 Å². The molecule has 6 nitrogen and oxygen atoms in total. The first-order chi connectivity index (χ1) is 9.27. The zero-order chi connectivity index (χ0) is 15.3. The lowest BCUT2D eigenvalue weighted by Gasteiger charge is -2.14. The third-order valence-electron chi connectivity index (χ3n) is 2.79. The fraction of sp³-hybridized carbons (Fsp3) is 0.417. The Morgan fingerprint density at radius 3 is 2.65 bits per heavy atom. The summed E-state index contributed by atoms with van der Waals surface area (Å²) in [4.78, 5) is 12.0.